The van der Waals surface area contributed by atoms with Crippen LogP contribution in [0.2, 0.25) is 0 Å². The zero-order valence-electron chi connectivity index (χ0n) is 13.3. The van der Waals surface area contributed by atoms with Crippen LogP contribution in [0, 0.1) is 18.3 Å². The molecule has 3 rings (SSSR count). The zero-order chi connectivity index (χ0) is 17.8. The number of nitrogens with zero attached hydrogens (tertiary/aromatic N) is 3. The summed E-state index contributed by atoms with van der Waals surface area (Å²) in [5.74, 6) is 0.172. The molecule has 0 bridgehead atoms. The predicted molar refractivity (Wildman–Crippen MR) is 98.8 cm³/mol. The Kier molecular flexibility index (Phi) is 4.87. The predicted octanol–water partition coefficient (Wildman–Crippen LogP) is 4.39. The summed E-state index contributed by atoms with van der Waals surface area (Å²) >= 11 is 3.36. The molecule has 1 N–H and O–H groups in total. The number of nitrogens with one attached hydrogen (secondary N) is 1. The fraction of sp³-hybridized carbons (Fsp3) is 0.0526. The third kappa shape index (κ3) is 3.90. The van der Waals surface area contributed by atoms with E-state index in [1.54, 1.807) is 49.5 Å². The first-order chi connectivity index (χ1) is 12.1. The molecule has 0 saturated carbocycles. The third-order valence-corrected chi connectivity index (χ3v) is 4.09. The molecule has 5 nitrogen and oxygen atoms in total. The highest BCUT2D eigenvalue weighted by atomic mass is 79.9. The molecule has 0 saturated heterocycles. The normalized spacial score (nSPS) is 10.1. The molecule has 3 aromatic rings. The number of hydrogen-bond donors (Lipinski definition) is 1. The van der Waals surface area contributed by atoms with Crippen molar-refractivity contribution in [2.24, 2.45) is 0 Å². The number of benzene rings is 2. The Labute approximate surface area is 153 Å². The molecule has 0 unspecified atom stereocenters. The van der Waals surface area contributed by atoms with E-state index in [1.807, 2.05) is 12.1 Å². The van der Waals surface area contributed by atoms with Gasteiger partial charge in [0.2, 0.25) is 11.7 Å². The van der Waals surface area contributed by atoms with Gasteiger partial charge in [0.15, 0.2) is 0 Å². The molecule has 0 spiro atoms. The molecule has 1 heterocycles. The Morgan fingerprint density at radius 3 is 2.44 bits per heavy atom. The first kappa shape index (κ1) is 16.8. The van der Waals surface area contributed by atoms with Crippen LogP contribution in [0.1, 0.15) is 27.2 Å². The molecule has 0 aliphatic heterocycles. The fourth-order valence-corrected chi connectivity index (χ4v) is 2.49. The van der Waals surface area contributed by atoms with Crippen molar-refractivity contribution in [3.8, 4) is 6.07 Å². The molecule has 2 aromatic carbocycles. The lowest BCUT2D eigenvalue weighted by atomic mass is 10.1. The minimum atomic E-state index is -0.157. The maximum absolute atomic E-state index is 12.7. The number of rotatable bonds is 4. The molecule has 0 atom stereocenters. The lowest BCUT2D eigenvalue weighted by molar-refractivity contribution is 0.103. The summed E-state index contributed by atoms with van der Waals surface area (Å²) in [6, 6.07) is 16.1. The van der Waals surface area contributed by atoms with E-state index in [-0.39, 0.29) is 5.78 Å². The molecule has 6 heteroatoms. The number of ketones is 1. The van der Waals surface area contributed by atoms with Gasteiger partial charge < -0.3 is 5.32 Å². The van der Waals surface area contributed by atoms with Crippen LogP contribution in [-0.4, -0.2) is 15.8 Å². The first-order valence-corrected chi connectivity index (χ1v) is 8.27. The molecule has 0 aliphatic rings. The van der Waals surface area contributed by atoms with Crippen molar-refractivity contribution < 1.29 is 4.79 Å². The molecular formula is C19H13BrN4O. The van der Waals surface area contributed by atoms with Crippen molar-refractivity contribution in [3.05, 3.63) is 81.6 Å². The van der Waals surface area contributed by atoms with Crippen LogP contribution in [-0.2, 0) is 0 Å². The monoisotopic (exact) mass is 392 g/mol. The SMILES string of the molecule is Cc1cnc(Nc2ccc(C#N)cc2)nc1C(=O)c1ccc(Br)cc1. The van der Waals surface area contributed by atoms with E-state index >= 15 is 0 Å². The Morgan fingerprint density at radius 1 is 1.12 bits per heavy atom. The van der Waals surface area contributed by atoms with Gasteiger partial charge in [-0.1, -0.05) is 15.9 Å². The van der Waals surface area contributed by atoms with E-state index < -0.39 is 0 Å². The standard InChI is InChI=1S/C19H13BrN4O/c1-12-11-22-19(23-16-8-2-13(10-21)3-9-16)24-17(12)18(25)14-4-6-15(20)7-5-14/h2-9,11H,1H3,(H,22,23,24). The largest absolute Gasteiger partial charge is 0.324 e. The fourth-order valence-electron chi connectivity index (χ4n) is 2.23. The second kappa shape index (κ2) is 7.24. The van der Waals surface area contributed by atoms with E-state index in [2.05, 4.69) is 37.3 Å². The maximum Gasteiger partial charge on any atom is 0.227 e. The molecule has 0 radical (unpaired) electrons. The lowest BCUT2D eigenvalue weighted by Crippen LogP contribution is -2.09. The lowest BCUT2D eigenvalue weighted by Gasteiger charge is -2.09. The number of halogens is 1. The molecule has 122 valence electrons. The Bertz CT molecular complexity index is 960. The number of carbonyl (C=O) groups excluding carboxylic acids is 1. The van der Waals surface area contributed by atoms with Crippen LogP contribution in [0.5, 0.6) is 0 Å². The first-order valence-electron chi connectivity index (χ1n) is 7.48. The summed E-state index contributed by atoms with van der Waals surface area (Å²) < 4.78 is 0.909. The van der Waals surface area contributed by atoms with Gasteiger partial charge in [-0.25, -0.2) is 9.97 Å². The van der Waals surface area contributed by atoms with Crippen LogP contribution in [0.3, 0.4) is 0 Å². The van der Waals surface area contributed by atoms with Gasteiger partial charge in [0.05, 0.1) is 11.6 Å². The Balaban J connectivity index is 1.88. The van der Waals surface area contributed by atoms with E-state index in [0.29, 0.717) is 28.3 Å². The second-order valence-corrected chi connectivity index (χ2v) is 6.29. The zero-order valence-corrected chi connectivity index (χ0v) is 14.9. The van der Waals surface area contributed by atoms with E-state index in [1.165, 1.54) is 0 Å². The number of hydrogen-bond acceptors (Lipinski definition) is 5. The Hall–Kier alpha value is -3.04. The van der Waals surface area contributed by atoms with Gasteiger partial charge in [-0.2, -0.15) is 5.26 Å². The van der Waals surface area contributed by atoms with Crippen LogP contribution in [0.25, 0.3) is 0 Å². The van der Waals surface area contributed by atoms with Crippen LogP contribution >= 0.6 is 15.9 Å². The Morgan fingerprint density at radius 2 is 1.80 bits per heavy atom. The van der Waals surface area contributed by atoms with Gasteiger partial charge in [-0.05, 0) is 61.0 Å². The minimum absolute atomic E-state index is 0.157. The van der Waals surface area contributed by atoms with Gasteiger partial charge in [-0.3, -0.25) is 4.79 Å². The van der Waals surface area contributed by atoms with E-state index in [0.717, 1.165) is 10.2 Å². The third-order valence-electron chi connectivity index (χ3n) is 3.56. The molecule has 0 aliphatic carbocycles. The number of aryl methyl sites for hydroxylation is 1. The van der Waals surface area contributed by atoms with Crippen molar-refractivity contribution in [2.75, 3.05) is 5.32 Å². The molecular weight excluding hydrogens is 380 g/mol. The highest BCUT2D eigenvalue weighted by Crippen LogP contribution is 2.18. The average molecular weight is 393 g/mol. The van der Waals surface area contributed by atoms with Crippen molar-refractivity contribution >= 4 is 33.3 Å². The summed E-state index contributed by atoms with van der Waals surface area (Å²) in [6.45, 7) is 1.80. The summed E-state index contributed by atoms with van der Waals surface area (Å²) in [5, 5.41) is 11.9. The number of anilines is 2. The number of aromatic nitrogens is 2. The summed E-state index contributed by atoms with van der Waals surface area (Å²) in [7, 11) is 0. The average Bonchev–Trinajstić information content (AvgIpc) is 2.64. The quantitative estimate of drug-likeness (QED) is 0.665. The maximum atomic E-state index is 12.7. The number of carbonyl (C=O) groups is 1. The topological polar surface area (TPSA) is 78.7 Å². The van der Waals surface area contributed by atoms with Crippen molar-refractivity contribution in [2.45, 2.75) is 6.92 Å². The molecule has 1 aromatic heterocycles. The smallest absolute Gasteiger partial charge is 0.227 e. The van der Waals surface area contributed by atoms with Crippen LogP contribution in [0.4, 0.5) is 11.6 Å². The highest BCUT2D eigenvalue weighted by Gasteiger charge is 2.15. The van der Waals surface area contributed by atoms with Crippen LogP contribution < -0.4 is 5.32 Å². The molecule has 25 heavy (non-hydrogen) atoms. The van der Waals surface area contributed by atoms with Crippen molar-refractivity contribution in [1.82, 2.24) is 9.97 Å². The van der Waals surface area contributed by atoms with Gasteiger partial charge in [-0.15, -0.1) is 0 Å². The minimum Gasteiger partial charge on any atom is -0.324 e. The van der Waals surface area contributed by atoms with Crippen molar-refractivity contribution in [1.29, 1.82) is 5.26 Å². The van der Waals surface area contributed by atoms with Gasteiger partial charge in [0, 0.05) is 21.9 Å². The van der Waals surface area contributed by atoms with E-state index in [4.69, 9.17) is 5.26 Å². The van der Waals surface area contributed by atoms with Crippen molar-refractivity contribution in [3.63, 3.8) is 0 Å². The van der Waals surface area contributed by atoms with Crippen LogP contribution in [0.15, 0.2) is 59.2 Å². The summed E-state index contributed by atoms with van der Waals surface area (Å²) in [5.41, 5.74) is 2.94. The summed E-state index contributed by atoms with van der Waals surface area (Å²) in [4.78, 5) is 21.3. The van der Waals surface area contributed by atoms with E-state index in [9.17, 15) is 4.79 Å². The number of nitriles is 1. The molecule has 0 amide bonds. The van der Waals surface area contributed by atoms with Gasteiger partial charge >= 0.3 is 0 Å². The second-order valence-electron chi connectivity index (χ2n) is 5.38. The molecule has 0 fully saturated rings. The van der Waals surface area contributed by atoms with Gasteiger partial charge in [0.1, 0.15) is 5.69 Å². The highest BCUT2D eigenvalue weighted by molar-refractivity contribution is 9.10. The van der Waals surface area contributed by atoms with Gasteiger partial charge in [0.25, 0.3) is 0 Å². The summed E-state index contributed by atoms with van der Waals surface area (Å²) in [6.07, 6.45) is 1.62.